The maximum Gasteiger partial charge on any atom is 0.280 e. The normalized spacial score (nSPS) is 14.6. The molecule has 132 valence electrons. The Balaban J connectivity index is 1.87. The van der Waals surface area contributed by atoms with Crippen molar-refractivity contribution in [1.29, 1.82) is 0 Å². The molecular weight excluding hydrogens is 330 g/mol. The third kappa shape index (κ3) is 2.73. The van der Waals surface area contributed by atoms with E-state index in [-0.39, 0.29) is 5.56 Å². The van der Waals surface area contributed by atoms with Crippen LogP contribution in [0.25, 0.3) is 10.9 Å². The van der Waals surface area contributed by atoms with Gasteiger partial charge in [0.05, 0.1) is 23.7 Å². The lowest BCUT2D eigenvalue weighted by molar-refractivity contribution is 0.212. The van der Waals surface area contributed by atoms with Crippen molar-refractivity contribution in [3.63, 3.8) is 0 Å². The molecule has 26 heavy (non-hydrogen) atoms. The van der Waals surface area contributed by atoms with E-state index in [1.54, 1.807) is 7.11 Å². The molecule has 1 aromatic heterocycles. The lowest BCUT2D eigenvalue weighted by Crippen LogP contribution is -2.26. The van der Waals surface area contributed by atoms with E-state index in [0.717, 1.165) is 40.4 Å². The zero-order valence-electron chi connectivity index (χ0n) is 14.7. The lowest BCUT2D eigenvalue weighted by Gasteiger charge is -2.23. The van der Waals surface area contributed by atoms with Crippen molar-refractivity contribution in [2.45, 2.75) is 19.4 Å². The fraction of sp³-hybridized carbons (Fsp3) is 0.250. The first kappa shape index (κ1) is 16.3. The van der Waals surface area contributed by atoms with Gasteiger partial charge in [-0.05, 0) is 23.8 Å². The molecule has 1 aliphatic rings. The number of ether oxygens (including phenoxy) is 1. The molecule has 0 fully saturated rings. The maximum atomic E-state index is 12.6. The van der Waals surface area contributed by atoms with Gasteiger partial charge in [0.15, 0.2) is 0 Å². The number of rotatable bonds is 4. The van der Waals surface area contributed by atoms with Crippen molar-refractivity contribution >= 4 is 16.6 Å². The molecule has 0 atom stereocenters. The van der Waals surface area contributed by atoms with Crippen LogP contribution in [0.5, 0.6) is 5.75 Å². The Morgan fingerprint density at radius 3 is 2.69 bits per heavy atom. The first-order chi connectivity index (χ1) is 12.7. The summed E-state index contributed by atoms with van der Waals surface area (Å²) in [7, 11) is 3.18. The number of hydrogen-bond donors (Lipinski definition) is 0. The molecule has 1 aliphatic heterocycles. The predicted octanol–water partition coefficient (Wildman–Crippen LogP) is 2.75. The molecule has 0 spiro atoms. The highest BCUT2D eigenvalue weighted by Gasteiger charge is 2.22. The minimum atomic E-state index is -0.208. The number of hydrogen-bond acceptors (Lipinski definition) is 5. The summed E-state index contributed by atoms with van der Waals surface area (Å²) in [6.07, 6.45) is 1.32. The second kappa shape index (κ2) is 6.63. The number of methoxy groups -OCH3 is 1. The fourth-order valence-corrected chi connectivity index (χ4v) is 3.47. The van der Waals surface area contributed by atoms with Crippen molar-refractivity contribution in [2.75, 3.05) is 14.2 Å². The first-order valence-electron chi connectivity index (χ1n) is 8.47. The highest BCUT2D eigenvalue weighted by Crippen LogP contribution is 2.25. The van der Waals surface area contributed by atoms with Crippen molar-refractivity contribution in [3.05, 3.63) is 69.8 Å². The molecule has 3 aromatic rings. The number of aromatic nitrogens is 2. The molecule has 6 nitrogen and oxygen atoms in total. The average molecular weight is 349 g/mol. The molecule has 2 aromatic carbocycles. The van der Waals surface area contributed by atoms with Gasteiger partial charge in [0.1, 0.15) is 18.7 Å². The molecule has 6 heteroatoms. The Morgan fingerprint density at radius 1 is 1.15 bits per heavy atom. The SMILES string of the molecule is CO/N=C1/CCn2c(Cc3ccc(OC)cc3)nc(=O)c3cccc1c32. The van der Waals surface area contributed by atoms with Crippen LogP contribution in [0.3, 0.4) is 0 Å². The van der Waals surface area contributed by atoms with E-state index < -0.39 is 0 Å². The molecule has 0 bridgehead atoms. The third-order valence-electron chi connectivity index (χ3n) is 4.68. The van der Waals surface area contributed by atoms with E-state index in [4.69, 9.17) is 9.57 Å². The van der Waals surface area contributed by atoms with Crippen LogP contribution in [-0.4, -0.2) is 29.5 Å². The largest absolute Gasteiger partial charge is 0.497 e. The molecule has 4 rings (SSSR count). The van der Waals surface area contributed by atoms with Gasteiger partial charge < -0.3 is 14.1 Å². The van der Waals surface area contributed by atoms with Gasteiger partial charge in [-0.2, -0.15) is 4.98 Å². The minimum absolute atomic E-state index is 0.208. The molecule has 0 radical (unpaired) electrons. The number of oxime groups is 1. The van der Waals surface area contributed by atoms with Crippen LogP contribution in [-0.2, 0) is 17.8 Å². The maximum absolute atomic E-state index is 12.6. The number of aryl methyl sites for hydroxylation is 1. The standard InChI is InChI=1S/C20H19N3O3/c1-25-14-8-6-13(7-9-14)12-18-21-20(24)16-5-3-4-15-17(22-26-2)10-11-23(18)19(15)16/h3-9H,10-12H2,1-2H3/b22-17-. The zero-order chi connectivity index (χ0) is 18.1. The van der Waals surface area contributed by atoms with Crippen LogP contribution in [0.4, 0.5) is 0 Å². The molecule has 0 N–H and O–H groups in total. The van der Waals surface area contributed by atoms with Gasteiger partial charge in [-0.15, -0.1) is 0 Å². The quantitative estimate of drug-likeness (QED) is 0.680. The number of benzene rings is 2. The summed E-state index contributed by atoms with van der Waals surface area (Å²) in [4.78, 5) is 21.9. The van der Waals surface area contributed by atoms with Gasteiger partial charge in [0.2, 0.25) is 0 Å². The van der Waals surface area contributed by atoms with Crippen molar-refractivity contribution in [3.8, 4) is 5.75 Å². The fourth-order valence-electron chi connectivity index (χ4n) is 3.47. The smallest absolute Gasteiger partial charge is 0.280 e. The van der Waals surface area contributed by atoms with E-state index in [9.17, 15) is 4.79 Å². The summed E-state index contributed by atoms with van der Waals surface area (Å²) in [6.45, 7) is 0.717. The Morgan fingerprint density at radius 2 is 1.96 bits per heavy atom. The molecular formula is C20H19N3O3. The van der Waals surface area contributed by atoms with E-state index >= 15 is 0 Å². The van der Waals surface area contributed by atoms with Gasteiger partial charge in [-0.3, -0.25) is 4.79 Å². The van der Waals surface area contributed by atoms with Gasteiger partial charge in [-0.1, -0.05) is 29.4 Å². The topological polar surface area (TPSA) is 65.7 Å². The minimum Gasteiger partial charge on any atom is -0.497 e. The number of nitrogens with zero attached hydrogens (tertiary/aromatic N) is 3. The number of para-hydroxylation sites is 1. The van der Waals surface area contributed by atoms with Crippen LogP contribution in [0, 0.1) is 0 Å². The molecule has 0 saturated carbocycles. The van der Waals surface area contributed by atoms with Crippen LogP contribution < -0.4 is 10.3 Å². The molecule has 0 unspecified atom stereocenters. The van der Waals surface area contributed by atoms with E-state index in [1.807, 2.05) is 42.5 Å². The van der Waals surface area contributed by atoms with Crippen LogP contribution in [0.1, 0.15) is 23.4 Å². The Hall–Kier alpha value is -3.15. The highest BCUT2D eigenvalue weighted by atomic mass is 16.6. The van der Waals surface area contributed by atoms with Crippen molar-refractivity contribution in [1.82, 2.24) is 9.55 Å². The Labute approximate surface area is 150 Å². The molecule has 2 heterocycles. The summed E-state index contributed by atoms with van der Waals surface area (Å²) in [5.41, 5.74) is 3.55. The second-order valence-electron chi connectivity index (χ2n) is 6.18. The van der Waals surface area contributed by atoms with Gasteiger partial charge in [-0.25, -0.2) is 0 Å². The van der Waals surface area contributed by atoms with Gasteiger partial charge >= 0.3 is 0 Å². The molecule has 0 aliphatic carbocycles. The molecule has 0 saturated heterocycles. The summed E-state index contributed by atoms with van der Waals surface area (Å²) in [6, 6.07) is 13.5. The van der Waals surface area contributed by atoms with E-state index in [1.165, 1.54) is 7.11 Å². The first-order valence-corrected chi connectivity index (χ1v) is 8.47. The lowest BCUT2D eigenvalue weighted by atomic mass is 9.99. The van der Waals surface area contributed by atoms with Crippen LogP contribution in [0.2, 0.25) is 0 Å². The summed E-state index contributed by atoms with van der Waals surface area (Å²) < 4.78 is 7.33. The molecule has 0 amide bonds. The monoisotopic (exact) mass is 349 g/mol. The van der Waals surface area contributed by atoms with E-state index in [0.29, 0.717) is 18.4 Å². The Kier molecular flexibility index (Phi) is 4.16. The van der Waals surface area contributed by atoms with Gasteiger partial charge in [0.25, 0.3) is 5.56 Å². The summed E-state index contributed by atoms with van der Waals surface area (Å²) in [5, 5.41) is 4.75. The van der Waals surface area contributed by atoms with Crippen molar-refractivity contribution in [2.24, 2.45) is 5.16 Å². The van der Waals surface area contributed by atoms with Gasteiger partial charge in [0, 0.05) is 24.9 Å². The summed E-state index contributed by atoms with van der Waals surface area (Å²) >= 11 is 0. The Bertz CT molecular complexity index is 1050. The van der Waals surface area contributed by atoms with Crippen molar-refractivity contribution < 1.29 is 9.57 Å². The predicted molar refractivity (Wildman–Crippen MR) is 100.0 cm³/mol. The average Bonchev–Trinajstić information content (AvgIpc) is 2.67. The third-order valence-corrected chi connectivity index (χ3v) is 4.68. The zero-order valence-corrected chi connectivity index (χ0v) is 14.7. The highest BCUT2D eigenvalue weighted by molar-refractivity contribution is 6.10. The van der Waals surface area contributed by atoms with Crippen LogP contribution >= 0.6 is 0 Å². The second-order valence-corrected chi connectivity index (χ2v) is 6.18. The van der Waals surface area contributed by atoms with E-state index in [2.05, 4.69) is 14.7 Å². The summed E-state index contributed by atoms with van der Waals surface area (Å²) in [5.74, 6) is 1.57. The van der Waals surface area contributed by atoms with Crippen LogP contribution in [0.15, 0.2) is 52.4 Å².